The normalized spacial score (nSPS) is 23.1. The highest BCUT2D eigenvalue weighted by Crippen LogP contribution is 2.25. The molecule has 1 N–H and O–H groups in total. The molecule has 0 spiro atoms. The minimum atomic E-state index is 0.408. The molecule has 1 saturated heterocycles. The molecule has 3 rings (SSSR count). The van der Waals surface area contributed by atoms with Crippen molar-refractivity contribution < 1.29 is 4.52 Å². The van der Waals surface area contributed by atoms with Gasteiger partial charge in [0, 0.05) is 31.2 Å². The average molecular weight is 275 g/mol. The molecule has 1 fully saturated rings. The number of imidazole rings is 1. The maximum absolute atomic E-state index is 5.15. The Morgan fingerprint density at radius 1 is 1.45 bits per heavy atom. The van der Waals surface area contributed by atoms with Crippen molar-refractivity contribution >= 4 is 0 Å². The van der Waals surface area contributed by atoms with E-state index in [4.69, 9.17) is 4.52 Å². The predicted molar refractivity (Wildman–Crippen MR) is 74.2 cm³/mol. The van der Waals surface area contributed by atoms with Gasteiger partial charge in [0.2, 0.25) is 5.89 Å². The van der Waals surface area contributed by atoms with Crippen LogP contribution in [-0.4, -0.2) is 25.7 Å². The molecule has 20 heavy (non-hydrogen) atoms. The molecular weight excluding hydrogens is 254 g/mol. The molecule has 6 heteroatoms. The topological polar surface area (TPSA) is 68.8 Å². The van der Waals surface area contributed by atoms with Crippen LogP contribution in [0, 0.1) is 6.92 Å². The number of rotatable bonds is 4. The van der Waals surface area contributed by atoms with E-state index in [0.29, 0.717) is 23.8 Å². The molecule has 0 amide bonds. The van der Waals surface area contributed by atoms with Crippen LogP contribution in [0.5, 0.6) is 0 Å². The molecule has 2 atom stereocenters. The molecular formula is C14H21N5O. The summed E-state index contributed by atoms with van der Waals surface area (Å²) in [7, 11) is 0. The van der Waals surface area contributed by atoms with Crippen LogP contribution in [0.4, 0.5) is 0 Å². The van der Waals surface area contributed by atoms with Crippen molar-refractivity contribution in [3.05, 3.63) is 29.9 Å². The van der Waals surface area contributed by atoms with E-state index in [0.717, 1.165) is 13.0 Å². The fraction of sp³-hybridized carbons (Fsp3) is 0.643. The number of hydrogen-bond donors (Lipinski definition) is 1. The number of hydrogen-bond acceptors (Lipinski definition) is 5. The molecule has 0 aliphatic carbocycles. The molecule has 6 nitrogen and oxygen atoms in total. The van der Waals surface area contributed by atoms with E-state index in [-0.39, 0.29) is 0 Å². The van der Waals surface area contributed by atoms with Crippen LogP contribution in [-0.2, 0) is 13.0 Å². The minimum absolute atomic E-state index is 0.408. The fourth-order valence-electron chi connectivity index (χ4n) is 2.84. The third-order valence-corrected chi connectivity index (χ3v) is 3.85. The predicted octanol–water partition coefficient (Wildman–Crippen LogP) is 2.02. The molecule has 2 aromatic heterocycles. The van der Waals surface area contributed by atoms with Gasteiger partial charge in [-0.1, -0.05) is 5.16 Å². The van der Waals surface area contributed by atoms with E-state index in [1.165, 1.54) is 25.0 Å². The van der Waals surface area contributed by atoms with Gasteiger partial charge < -0.3 is 14.4 Å². The summed E-state index contributed by atoms with van der Waals surface area (Å²) in [6.45, 7) is 4.90. The lowest BCUT2D eigenvalue weighted by molar-refractivity contribution is 0.326. The second-order valence-corrected chi connectivity index (χ2v) is 5.55. The molecule has 3 heterocycles. The lowest BCUT2D eigenvalue weighted by Gasteiger charge is -2.29. The first-order chi connectivity index (χ1) is 9.72. The number of nitrogens with one attached hydrogen (secondary N) is 1. The zero-order chi connectivity index (χ0) is 13.9. The molecule has 0 radical (unpaired) electrons. The van der Waals surface area contributed by atoms with Crippen LogP contribution >= 0.6 is 0 Å². The van der Waals surface area contributed by atoms with E-state index in [9.17, 15) is 0 Å². The summed E-state index contributed by atoms with van der Waals surface area (Å²) in [6.07, 6.45) is 8.30. The first-order valence-electron chi connectivity index (χ1n) is 7.27. The smallest absolute Gasteiger partial charge is 0.228 e. The van der Waals surface area contributed by atoms with Gasteiger partial charge in [0.05, 0.1) is 12.0 Å². The van der Waals surface area contributed by atoms with Crippen molar-refractivity contribution in [3.8, 4) is 0 Å². The number of nitrogens with zero attached hydrogens (tertiary/aromatic N) is 4. The highest BCUT2D eigenvalue weighted by molar-refractivity contribution is 5.07. The van der Waals surface area contributed by atoms with Crippen molar-refractivity contribution in [1.82, 2.24) is 25.0 Å². The Morgan fingerprint density at radius 3 is 3.10 bits per heavy atom. The quantitative estimate of drug-likeness (QED) is 0.924. The van der Waals surface area contributed by atoms with Gasteiger partial charge in [-0.25, -0.2) is 4.98 Å². The summed E-state index contributed by atoms with van der Waals surface area (Å²) < 4.78 is 7.34. The summed E-state index contributed by atoms with van der Waals surface area (Å²) in [4.78, 5) is 8.53. The van der Waals surface area contributed by atoms with Gasteiger partial charge in [0.25, 0.3) is 0 Å². The standard InChI is InChI=1S/C14H21N5O/c1-10-4-3-5-12(16-10)13-8-15-9-19(13)7-6-14-17-11(2)18-20-14/h8-10,12,16H,3-7H2,1-2H3. The summed E-state index contributed by atoms with van der Waals surface area (Å²) in [5.41, 5.74) is 1.26. The van der Waals surface area contributed by atoms with Crippen LogP contribution in [0.2, 0.25) is 0 Å². The molecule has 1 aliphatic heterocycles. The van der Waals surface area contributed by atoms with Crippen LogP contribution in [0.15, 0.2) is 17.0 Å². The van der Waals surface area contributed by atoms with Gasteiger partial charge in [0.15, 0.2) is 5.82 Å². The maximum atomic E-state index is 5.15. The van der Waals surface area contributed by atoms with E-state index >= 15 is 0 Å². The zero-order valence-electron chi connectivity index (χ0n) is 12.0. The Bertz CT molecular complexity index is 561. The molecule has 0 aromatic carbocycles. The largest absolute Gasteiger partial charge is 0.339 e. The third kappa shape index (κ3) is 2.90. The second-order valence-electron chi connectivity index (χ2n) is 5.55. The third-order valence-electron chi connectivity index (χ3n) is 3.85. The van der Waals surface area contributed by atoms with E-state index in [1.807, 2.05) is 19.4 Å². The number of aromatic nitrogens is 4. The van der Waals surface area contributed by atoms with Crippen molar-refractivity contribution in [2.45, 2.75) is 58.2 Å². The van der Waals surface area contributed by atoms with Gasteiger partial charge in [0.1, 0.15) is 0 Å². The van der Waals surface area contributed by atoms with Gasteiger partial charge in [-0.3, -0.25) is 0 Å². The molecule has 108 valence electrons. The van der Waals surface area contributed by atoms with Gasteiger partial charge in [-0.15, -0.1) is 0 Å². The molecule has 0 saturated carbocycles. The summed E-state index contributed by atoms with van der Waals surface area (Å²) in [6, 6.07) is 0.987. The van der Waals surface area contributed by atoms with E-state index in [1.54, 1.807) is 0 Å². The van der Waals surface area contributed by atoms with Crippen molar-refractivity contribution in [2.24, 2.45) is 0 Å². The van der Waals surface area contributed by atoms with Gasteiger partial charge in [-0.2, -0.15) is 4.98 Å². The Labute approximate surface area is 118 Å². The van der Waals surface area contributed by atoms with E-state index in [2.05, 4.69) is 31.9 Å². The highest BCUT2D eigenvalue weighted by atomic mass is 16.5. The Hall–Kier alpha value is -1.69. The Kier molecular flexibility index (Phi) is 3.82. The molecule has 2 unspecified atom stereocenters. The lowest BCUT2D eigenvalue weighted by atomic mass is 9.97. The summed E-state index contributed by atoms with van der Waals surface area (Å²) in [5, 5.41) is 7.46. The van der Waals surface area contributed by atoms with Gasteiger partial charge >= 0.3 is 0 Å². The number of aryl methyl sites for hydroxylation is 3. The van der Waals surface area contributed by atoms with E-state index < -0.39 is 0 Å². The van der Waals surface area contributed by atoms with Gasteiger partial charge in [-0.05, 0) is 33.1 Å². The van der Waals surface area contributed by atoms with Crippen LogP contribution in [0.25, 0.3) is 0 Å². The SMILES string of the molecule is Cc1noc(CCn2cncc2C2CCCC(C)N2)n1. The summed E-state index contributed by atoms with van der Waals surface area (Å²) in [5.74, 6) is 1.38. The van der Waals surface area contributed by atoms with Crippen molar-refractivity contribution in [2.75, 3.05) is 0 Å². The van der Waals surface area contributed by atoms with Crippen LogP contribution in [0.3, 0.4) is 0 Å². The molecule has 2 aromatic rings. The lowest BCUT2D eigenvalue weighted by Crippen LogP contribution is -2.35. The Balaban J connectivity index is 1.67. The monoisotopic (exact) mass is 275 g/mol. The fourth-order valence-corrected chi connectivity index (χ4v) is 2.84. The van der Waals surface area contributed by atoms with Crippen molar-refractivity contribution in [1.29, 1.82) is 0 Å². The molecule has 1 aliphatic rings. The highest BCUT2D eigenvalue weighted by Gasteiger charge is 2.22. The first-order valence-corrected chi connectivity index (χ1v) is 7.27. The average Bonchev–Trinajstić information content (AvgIpc) is 3.05. The summed E-state index contributed by atoms with van der Waals surface area (Å²) >= 11 is 0. The maximum Gasteiger partial charge on any atom is 0.228 e. The Morgan fingerprint density at radius 2 is 2.35 bits per heavy atom. The minimum Gasteiger partial charge on any atom is -0.339 e. The first kappa shape index (κ1) is 13.3. The molecule has 0 bridgehead atoms. The van der Waals surface area contributed by atoms with Crippen LogP contribution < -0.4 is 5.32 Å². The van der Waals surface area contributed by atoms with Crippen molar-refractivity contribution in [3.63, 3.8) is 0 Å². The zero-order valence-corrected chi connectivity index (χ0v) is 12.0. The number of piperidine rings is 1. The second kappa shape index (κ2) is 5.75. The van der Waals surface area contributed by atoms with Crippen LogP contribution in [0.1, 0.15) is 49.6 Å².